The summed E-state index contributed by atoms with van der Waals surface area (Å²) in [5.74, 6) is 0.0442. The van der Waals surface area contributed by atoms with Crippen molar-refractivity contribution in [2.45, 2.75) is 25.7 Å². The lowest BCUT2D eigenvalue weighted by Gasteiger charge is -2.33. The lowest BCUT2D eigenvalue weighted by Crippen LogP contribution is -2.39. The quantitative estimate of drug-likeness (QED) is 0.836. The molecule has 0 saturated carbocycles. The number of amides is 4. The van der Waals surface area contributed by atoms with Gasteiger partial charge < -0.3 is 4.90 Å². The van der Waals surface area contributed by atoms with Gasteiger partial charge in [-0.3, -0.25) is 19.8 Å². The smallest absolute Gasteiger partial charge is 0.329 e. The molecular weight excluding hydrogens is 354 g/mol. The van der Waals surface area contributed by atoms with Crippen molar-refractivity contribution in [1.29, 1.82) is 0 Å². The molecule has 144 valence electrons. The Bertz CT molecular complexity index is 923. The average molecular weight is 377 g/mol. The molecule has 2 aromatic carbocycles. The van der Waals surface area contributed by atoms with Gasteiger partial charge in [0.1, 0.15) is 6.54 Å². The predicted octanol–water partition coefficient (Wildman–Crippen LogP) is 3.07. The number of imide groups is 1. The summed E-state index contributed by atoms with van der Waals surface area (Å²) in [6.45, 7) is 3.57. The largest absolute Gasteiger partial charge is 0.338 e. The number of nitrogens with zero attached hydrogens (tertiary/aromatic N) is 2. The average Bonchev–Trinajstić information content (AvgIpc) is 3.05. The van der Waals surface area contributed by atoms with E-state index in [0.717, 1.165) is 19.4 Å². The van der Waals surface area contributed by atoms with Crippen LogP contribution in [0.4, 0.5) is 10.5 Å². The Morgan fingerprint density at radius 3 is 2.57 bits per heavy atom. The molecule has 4 amide bonds. The molecule has 0 bridgehead atoms. The van der Waals surface area contributed by atoms with Crippen molar-refractivity contribution in [3.63, 3.8) is 0 Å². The van der Waals surface area contributed by atoms with Gasteiger partial charge in [0.15, 0.2) is 0 Å². The van der Waals surface area contributed by atoms with E-state index in [1.165, 1.54) is 16.0 Å². The van der Waals surface area contributed by atoms with Crippen LogP contribution in [0.25, 0.3) is 0 Å². The van der Waals surface area contributed by atoms with Crippen LogP contribution in [0.2, 0.25) is 0 Å². The molecule has 2 aliphatic heterocycles. The van der Waals surface area contributed by atoms with Crippen molar-refractivity contribution < 1.29 is 14.4 Å². The minimum Gasteiger partial charge on any atom is -0.338 e. The minimum atomic E-state index is -0.430. The summed E-state index contributed by atoms with van der Waals surface area (Å²) < 4.78 is 0. The molecule has 0 spiro atoms. The third-order valence-corrected chi connectivity index (χ3v) is 5.44. The fourth-order valence-corrected chi connectivity index (χ4v) is 3.97. The maximum absolute atomic E-state index is 13.0. The van der Waals surface area contributed by atoms with E-state index in [4.69, 9.17) is 0 Å². The van der Waals surface area contributed by atoms with Gasteiger partial charge in [-0.25, -0.2) is 4.79 Å². The molecule has 2 saturated heterocycles. The van der Waals surface area contributed by atoms with E-state index in [2.05, 4.69) is 36.5 Å². The highest BCUT2D eigenvalue weighted by molar-refractivity contribution is 6.12. The molecule has 6 heteroatoms. The molecule has 28 heavy (non-hydrogen) atoms. The minimum absolute atomic E-state index is 0.00542. The number of likely N-dealkylation sites (tertiary alicyclic amines) is 1. The van der Waals surface area contributed by atoms with Crippen molar-refractivity contribution in [1.82, 2.24) is 10.2 Å². The summed E-state index contributed by atoms with van der Waals surface area (Å²) in [4.78, 5) is 39.4. The number of rotatable bonds is 3. The fraction of sp³-hybridized carbons (Fsp3) is 0.318. The number of hydrogen-bond acceptors (Lipinski definition) is 3. The number of urea groups is 1. The molecule has 0 radical (unpaired) electrons. The van der Waals surface area contributed by atoms with Crippen LogP contribution < -0.4 is 10.2 Å². The van der Waals surface area contributed by atoms with E-state index in [9.17, 15) is 14.4 Å². The summed E-state index contributed by atoms with van der Waals surface area (Å²) in [6.07, 6.45) is 2.07. The molecular formula is C22H23N3O3. The Kier molecular flexibility index (Phi) is 4.86. The fourth-order valence-electron chi connectivity index (χ4n) is 3.97. The van der Waals surface area contributed by atoms with Gasteiger partial charge in [0.25, 0.3) is 5.91 Å². The number of benzene rings is 2. The van der Waals surface area contributed by atoms with E-state index >= 15 is 0 Å². The molecule has 0 aromatic heterocycles. The van der Waals surface area contributed by atoms with Crippen LogP contribution in [0.15, 0.2) is 48.5 Å². The number of anilines is 1. The second kappa shape index (κ2) is 7.46. The Labute approximate surface area is 164 Å². The molecule has 0 unspecified atom stereocenters. The number of hydrogen-bond donors (Lipinski definition) is 1. The zero-order valence-electron chi connectivity index (χ0n) is 15.9. The van der Waals surface area contributed by atoms with Gasteiger partial charge in [-0.1, -0.05) is 29.8 Å². The van der Waals surface area contributed by atoms with Gasteiger partial charge in [0.05, 0.1) is 0 Å². The second-order valence-electron chi connectivity index (χ2n) is 7.49. The van der Waals surface area contributed by atoms with Crippen molar-refractivity contribution in [2.75, 3.05) is 24.5 Å². The molecule has 2 heterocycles. The zero-order valence-corrected chi connectivity index (χ0v) is 15.9. The highest BCUT2D eigenvalue weighted by Gasteiger charge is 2.29. The van der Waals surface area contributed by atoms with Crippen molar-refractivity contribution in [2.24, 2.45) is 0 Å². The summed E-state index contributed by atoms with van der Waals surface area (Å²) in [6, 6.07) is 15.0. The Morgan fingerprint density at radius 1 is 1.11 bits per heavy atom. The van der Waals surface area contributed by atoms with Crippen LogP contribution in [-0.2, 0) is 4.79 Å². The molecule has 2 fully saturated rings. The van der Waals surface area contributed by atoms with E-state index in [1.807, 2.05) is 4.90 Å². The lowest BCUT2D eigenvalue weighted by molar-refractivity contribution is -0.117. The first kappa shape index (κ1) is 18.2. The second-order valence-corrected chi connectivity index (χ2v) is 7.49. The summed E-state index contributed by atoms with van der Waals surface area (Å²) in [5, 5.41) is 2.25. The van der Waals surface area contributed by atoms with Gasteiger partial charge in [-0.2, -0.15) is 0 Å². The van der Waals surface area contributed by atoms with E-state index < -0.39 is 6.03 Å². The first-order valence-corrected chi connectivity index (χ1v) is 9.58. The van der Waals surface area contributed by atoms with Crippen LogP contribution in [0.1, 0.15) is 40.2 Å². The predicted molar refractivity (Wildman–Crippen MR) is 106 cm³/mol. The Hall–Kier alpha value is -3.15. The Balaban J connectivity index is 1.46. The number of piperidine rings is 1. The van der Waals surface area contributed by atoms with Crippen molar-refractivity contribution in [3.8, 4) is 0 Å². The lowest BCUT2D eigenvalue weighted by atomic mass is 9.89. The van der Waals surface area contributed by atoms with Crippen LogP contribution >= 0.6 is 0 Å². The molecule has 2 aliphatic rings. The van der Waals surface area contributed by atoms with Crippen LogP contribution in [0.3, 0.4) is 0 Å². The molecule has 6 nitrogen and oxygen atoms in total. The number of aryl methyl sites for hydroxylation is 1. The summed E-state index contributed by atoms with van der Waals surface area (Å²) in [7, 11) is 0. The standard InChI is InChI=1S/C22H23N3O3/c1-15-4-2-5-17(12-15)18-6-3-11-24(13-18)21(27)16-7-9-19(10-8-16)25-14-20(26)23-22(25)28/h2,4-5,7-10,12,18H,3,6,11,13-14H2,1H3,(H,23,26,28)/t18-/m1/s1. The maximum Gasteiger partial charge on any atom is 0.329 e. The third kappa shape index (κ3) is 3.63. The first-order chi connectivity index (χ1) is 13.5. The van der Waals surface area contributed by atoms with E-state index in [0.29, 0.717) is 23.7 Å². The van der Waals surface area contributed by atoms with Crippen LogP contribution in [0, 0.1) is 6.92 Å². The van der Waals surface area contributed by atoms with Gasteiger partial charge in [0.2, 0.25) is 5.91 Å². The molecule has 4 rings (SSSR count). The SMILES string of the molecule is Cc1cccc([C@@H]2CCCN(C(=O)c3ccc(N4CC(=O)NC4=O)cc3)C2)c1. The third-order valence-electron chi connectivity index (χ3n) is 5.44. The molecule has 2 aromatic rings. The monoisotopic (exact) mass is 377 g/mol. The highest BCUT2D eigenvalue weighted by Crippen LogP contribution is 2.28. The normalized spacial score (nSPS) is 19.7. The summed E-state index contributed by atoms with van der Waals surface area (Å²) in [5.41, 5.74) is 3.73. The van der Waals surface area contributed by atoms with Crippen LogP contribution in [0.5, 0.6) is 0 Å². The van der Waals surface area contributed by atoms with E-state index in [-0.39, 0.29) is 18.4 Å². The zero-order chi connectivity index (χ0) is 19.7. The number of carbonyl (C=O) groups is 3. The van der Waals surface area contributed by atoms with Crippen molar-refractivity contribution >= 4 is 23.5 Å². The summed E-state index contributed by atoms with van der Waals surface area (Å²) >= 11 is 0. The van der Waals surface area contributed by atoms with Crippen molar-refractivity contribution in [3.05, 3.63) is 65.2 Å². The van der Waals surface area contributed by atoms with Gasteiger partial charge in [0, 0.05) is 30.3 Å². The molecule has 0 aliphatic carbocycles. The van der Waals surface area contributed by atoms with Gasteiger partial charge in [-0.05, 0) is 49.6 Å². The Morgan fingerprint density at radius 2 is 1.89 bits per heavy atom. The molecule has 1 atom stereocenters. The van der Waals surface area contributed by atoms with Gasteiger partial charge in [-0.15, -0.1) is 0 Å². The van der Waals surface area contributed by atoms with Crippen LogP contribution in [-0.4, -0.2) is 42.4 Å². The number of nitrogens with one attached hydrogen (secondary N) is 1. The first-order valence-electron chi connectivity index (χ1n) is 9.58. The van der Waals surface area contributed by atoms with Gasteiger partial charge >= 0.3 is 6.03 Å². The van der Waals surface area contributed by atoms with E-state index in [1.54, 1.807) is 24.3 Å². The highest BCUT2D eigenvalue weighted by atomic mass is 16.2. The maximum atomic E-state index is 13.0. The molecule has 1 N–H and O–H groups in total. The topological polar surface area (TPSA) is 69.7 Å². The number of carbonyl (C=O) groups excluding carboxylic acids is 3.